The van der Waals surface area contributed by atoms with E-state index < -0.39 is 11.9 Å². The van der Waals surface area contributed by atoms with Crippen molar-refractivity contribution < 1.29 is 14.3 Å². The summed E-state index contributed by atoms with van der Waals surface area (Å²) < 4.78 is 4.85. The predicted molar refractivity (Wildman–Crippen MR) is 79.0 cm³/mol. The SMILES string of the molecule is CCOC(=O)c1cccc(C(=O)Nc2ccccc2N)n1. The quantitative estimate of drug-likeness (QED) is 0.662. The van der Waals surface area contributed by atoms with Crippen molar-refractivity contribution >= 4 is 23.3 Å². The van der Waals surface area contributed by atoms with Crippen molar-refractivity contribution in [3.05, 3.63) is 53.9 Å². The first-order valence-corrected chi connectivity index (χ1v) is 6.42. The van der Waals surface area contributed by atoms with Gasteiger partial charge in [0.1, 0.15) is 11.4 Å². The Labute approximate surface area is 121 Å². The summed E-state index contributed by atoms with van der Waals surface area (Å²) in [6.07, 6.45) is 0. The van der Waals surface area contributed by atoms with Gasteiger partial charge in [-0.1, -0.05) is 18.2 Å². The van der Waals surface area contributed by atoms with Gasteiger partial charge in [0.2, 0.25) is 0 Å². The van der Waals surface area contributed by atoms with Gasteiger partial charge in [-0.2, -0.15) is 0 Å². The number of carbonyl (C=O) groups excluding carboxylic acids is 2. The molecular formula is C15H15N3O3. The summed E-state index contributed by atoms with van der Waals surface area (Å²) in [7, 11) is 0. The third kappa shape index (κ3) is 3.56. The van der Waals surface area contributed by atoms with Crippen molar-refractivity contribution in [2.45, 2.75) is 6.92 Å². The van der Waals surface area contributed by atoms with Crippen LogP contribution in [-0.2, 0) is 4.74 Å². The van der Waals surface area contributed by atoms with Crippen LogP contribution in [0.4, 0.5) is 11.4 Å². The van der Waals surface area contributed by atoms with Gasteiger partial charge in [0.05, 0.1) is 18.0 Å². The monoisotopic (exact) mass is 285 g/mol. The van der Waals surface area contributed by atoms with Gasteiger partial charge in [-0.05, 0) is 31.2 Å². The molecule has 0 bridgehead atoms. The molecule has 0 atom stereocenters. The number of hydrogen-bond donors (Lipinski definition) is 2. The third-order valence-corrected chi connectivity index (χ3v) is 2.68. The maximum Gasteiger partial charge on any atom is 0.356 e. The fourth-order valence-electron chi connectivity index (χ4n) is 1.68. The van der Waals surface area contributed by atoms with Crippen molar-refractivity contribution in [3.8, 4) is 0 Å². The van der Waals surface area contributed by atoms with Crippen LogP contribution < -0.4 is 11.1 Å². The number of nitrogen functional groups attached to an aromatic ring is 1. The van der Waals surface area contributed by atoms with E-state index in [1.807, 2.05) is 0 Å². The van der Waals surface area contributed by atoms with Crippen molar-refractivity contribution in [2.24, 2.45) is 0 Å². The Hall–Kier alpha value is -2.89. The average molecular weight is 285 g/mol. The van der Waals surface area contributed by atoms with Crippen molar-refractivity contribution in [2.75, 3.05) is 17.7 Å². The van der Waals surface area contributed by atoms with Crippen LogP contribution in [0, 0.1) is 0 Å². The summed E-state index contributed by atoms with van der Waals surface area (Å²) in [5, 5.41) is 2.65. The van der Waals surface area contributed by atoms with E-state index in [0.717, 1.165) is 0 Å². The fourth-order valence-corrected chi connectivity index (χ4v) is 1.68. The highest BCUT2D eigenvalue weighted by atomic mass is 16.5. The van der Waals surface area contributed by atoms with Gasteiger partial charge in [-0.3, -0.25) is 4.79 Å². The summed E-state index contributed by atoms with van der Waals surface area (Å²) >= 11 is 0. The number of nitrogens with two attached hydrogens (primary N) is 1. The maximum absolute atomic E-state index is 12.1. The first kappa shape index (κ1) is 14.5. The third-order valence-electron chi connectivity index (χ3n) is 2.68. The van der Waals surface area contributed by atoms with Crippen molar-refractivity contribution in [1.82, 2.24) is 4.98 Å². The summed E-state index contributed by atoms with van der Waals surface area (Å²) in [6, 6.07) is 11.5. The van der Waals surface area contributed by atoms with Crippen molar-refractivity contribution in [1.29, 1.82) is 0 Å². The normalized spacial score (nSPS) is 9.95. The average Bonchev–Trinajstić information content (AvgIpc) is 2.50. The van der Waals surface area contributed by atoms with E-state index in [9.17, 15) is 9.59 Å². The van der Waals surface area contributed by atoms with Gasteiger partial charge in [-0.25, -0.2) is 9.78 Å². The number of nitrogens with zero attached hydrogens (tertiary/aromatic N) is 1. The highest BCUT2D eigenvalue weighted by Crippen LogP contribution is 2.17. The maximum atomic E-state index is 12.1. The minimum atomic E-state index is -0.564. The fraction of sp³-hybridized carbons (Fsp3) is 0.133. The van der Waals surface area contributed by atoms with Crippen LogP contribution >= 0.6 is 0 Å². The molecule has 6 nitrogen and oxygen atoms in total. The number of ether oxygens (including phenoxy) is 1. The van der Waals surface area contributed by atoms with Gasteiger partial charge < -0.3 is 15.8 Å². The van der Waals surface area contributed by atoms with Crippen LogP contribution in [-0.4, -0.2) is 23.5 Å². The number of para-hydroxylation sites is 2. The van der Waals surface area contributed by atoms with Crippen LogP contribution in [0.3, 0.4) is 0 Å². The van der Waals surface area contributed by atoms with Crippen LogP contribution in [0.2, 0.25) is 0 Å². The summed E-state index contributed by atoms with van der Waals surface area (Å²) in [5.74, 6) is -1.01. The molecule has 6 heteroatoms. The van der Waals surface area contributed by atoms with E-state index in [1.54, 1.807) is 37.3 Å². The molecule has 21 heavy (non-hydrogen) atoms. The molecule has 108 valence electrons. The summed E-state index contributed by atoms with van der Waals surface area (Å²) in [4.78, 5) is 27.7. The van der Waals surface area contributed by atoms with Gasteiger partial charge in [-0.15, -0.1) is 0 Å². The molecule has 0 saturated heterocycles. The van der Waals surface area contributed by atoms with Gasteiger partial charge in [0.25, 0.3) is 5.91 Å². The van der Waals surface area contributed by atoms with Crippen LogP contribution in [0.5, 0.6) is 0 Å². The molecule has 3 N–H and O–H groups in total. The first-order valence-electron chi connectivity index (χ1n) is 6.42. The number of hydrogen-bond acceptors (Lipinski definition) is 5. The molecular weight excluding hydrogens is 270 g/mol. The minimum absolute atomic E-state index is 0.0885. The standard InChI is InChI=1S/C15H15N3O3/c1-2-21-15(20)13-9-5-8-12(17-13)14(19)18-11-7-4-3-6-10(11)16/h3-9H,2,16H2,1H3,(H,18,19). The molecule has 2 rings (SSSR count). The summed E-state index contributed by atoms with van der Waals surface area (Å²) in [5.41, 5.74) is 6.90. The van der Waals surface area contributed by atoms with Gasteiger partial charge >= 0.3 is 5.97 Å². The molecule has 1 heterocycles. The second-order valence-electron chi connectivity index (χ2n) is 4.17. The Balaban J connectivity index is 2.18. The lowest BCUT2D eigenvalue weighted by Gasteiger charge is -2.08. The largest absolute Gasteiger partial charge is 0.461 e. The molecule has 1 aromatic carbocycles. The van der Waals surface area contributed by atoms with Crippen LogP contribution in [0.1, 0.15) is 27.9 Å². The molecule has 1 amide bonds. The van der Waals surface area contributed by atoms with Crippen LogP contribution in [0.15, 0.2) is 42.5 Å². The highest BCUT2D eigenvalue weighted by molar-refractivity contribution is 6.05. The Bertz CT molecular complexity index is 671. The van der Waals surface area contributed by atoms with Crippen LogP contribution in [0.25, 0.3) is 0 Å². The molecule has 0 fully saturated rings. The zero-order valence-electron chi connectivity index (χ0n) is 11.5. The number of esters is 1. The van der Waals surface area contributed by atoms with E-state index in [0.29, 0.717) is 11.4 Å². The van der Waals surface area contributed by atoms with E-state index in [2.05, 4.69) is 10.3 Å². The van der Waals surface area contributed by atoms with Gasteiger partial charge in [0, 0.05) is 0 Å². The lowest BCUT2D eigenvalue weighted by molar-refractivity contribution is 0.0519. The van der Waals surface area contributed by atoms with E-state index in [1.165, 1.54) is 12.1 Å². The van der Waals surface area contributed by atoms with E-state index in [-0.39, 0.29) is 18.0 Å². The number of pyridine rings is 1. The molecule has 0 aliphatic carbocycles. The molecule has 0 spiro atoms. The Kier molecular flexibility index (Phi) is 4.50. The second-order valence-corrected chi connectivity index (χ2v) is 4.17. The second kappa shape index (κ2) is 6.51. The molecule has 0 aliphatic rings. The Morgan fingerprint density at radius 1 is 1.14 bits per heavy atom. The number of amides is 1. The molecule has 2 aromatic rings. The molecule has 0 saturated carbocycles. The first-order chi connectivity index (χ1) is 10.1. The predicted octanol–water partition coefficient (Wildman–Crippen LogP) is 2.09. The smallest absolute Gasteiger partial charge is 0.356 e. The highest BCUT2D eigenvalue weighted by Gasteiger charge is 2.13. The van der Waals surface area contributed by atoms with Gasteiger partial charge in [0.15, 0.2) is 0 Å². The lowest BCUT2D eigenvalue weighted by Crippen LogP contribution is -2.17. The lowest BCUT2D eigenvalue weighted by atomic mass is 10.2. The minimum Gasteiger partial charge on any atom is -0.461 e. The Morgan fingerprint density at radius 2 is 1.86 bits per heavy atom. The number of anilines is 2. The molecule has 0 unspecified atom stereocenters. The number of nitrogens with one attached hydrogen (secondary N) is 1. The molecule has 0 aliphatic heterocycles. The van der Waals surface area contributed by atoms with E-state index in [4.69, 9.17) is 10.5 Å². The molecule has 0 radical (unpaired) electrons. The number of carbonyl (C=O) groups is 2. The summed E-state index contributed by atoms with van der Waals surface area (Å²) in [6.45, 7) is 1.95. The topological polar surface area (TPSA) is 94.3 Å². The van der Waals surface area contributed by atoms with E-state index >= 15 is 0 Å². The number of rotatable bonds is 4. The number of benzene rings is 1. The molecule has 1 aromatic heterocycles. The zero-order valence-corrected chi connectivity index (χ0v) is 11.5. The zero-order chi connectivity index (χ0) is 15.2. The number of aromatic nitrogens is 1. The Morgan fingerprint density at radius 3 is 2.57 bits per heavy atom. The van der Waals surface area contributed by atoms with Crippen molar-refractivity contribution in [3.63, 3.8) is 0 Å².